The van der Waals surface area contributed by atoms with E-state index in [0.717, 1.165) is 49.2 Å². The Balaban J connectivity index is 1.73. The molecule has 0 saturated heterocycles. The number of amides is 1. The van der Waals surface area contributed by atoms with E-state index < -0.39 is 5.82 Å². The molecule has 1 unspecified atom stereocenters. The van der Waals surface area contributed by atoms with Gasteiger partial charge in [-0.05, 0) is 63.2 Å². The Bertz CT molecular complexity index is 1480. The van der Waals surface area contributed by atoms with Gasteiger partial charge in [0, 0.05) is 45.1 Å². The molecule has 11 heteroatoms. The number of anilines is 6. The number of rotatable bonds is 13. The molecule has 3 N–H and O–H groups in total. The Morgan fingerprint density at radius 2 is 1.91 bits per heavy atom. The van der Waals surface area contributed by atoms with Crippen molar-refractivity contribution in [1.29, 1.82) is 0 Å². The van der Waals surface area contributed by atoms with E-state index in [9.17, 15) is 9.18 Å². The summed E-state index contributed by atoms with van der Waals surface area (Å²) in [6.07, 6.45) is 7.67. The first-order chi connectivity index (χ1) is 20.7. The first-order valence-corrected chi connectivity index (χ1v) is 14.1. The van der Waals surface area contributed by atoms with Gasteiger partial charge in [0.25, 0.3) is 0 Å². The van der Waals surface area contributed by atoms with Crippen LogP contribution < -0.4 is 25.6 Å². The van der Waals surface area contributed by atoms with E-state index in [-0.39, 0.29) is 18.0 Å². The summed E-state index contributed by atoms with van der Waals surface area (Å²) in [5.41, 5.74) is 4.03. The number of likely N-dealkylation sites (N-methyl/N-ethyl adjacent to an activating group) is 2. The van der Waals surface area contributed by atoms with Gasteiger partial charge in [0.15, 0.2) is 0 Å². The van der Waals surface area contributed by atoms with Crippen LogP contribution in [0.4, 0.5) is 38.9 Å². The van der Waals surface area contributed by atoms with E-state index in [1.807, 2.05) is 32.1 Å². The zero-order valence-corrected chi connectivity index (χ0v) is 25.4. The van der Waals surface area contributed by atoms with Crippen molar-refractivity contribution in [3.8, 4) is 5.75 Å². The van der Waals surface area contributed by atoms with Crippen molar-refractivity contribution in [2.75, 3.05) is 69.3 Å². The minimum absolute atomic E-state index is 0.168. The van der Waals surface area contributed by atoms with Gasteiger partial charge in [0.05, 0.1) is 36.0 Å². The SMILES string of the molecule is C=CC(=O)Nc1cc(Nc2ncc(C3=CCC(OC)CC3)c(Nc3ccccc3F)n2)c(OC)cc1N(C)CCN(C)C. The molecular formula is C32H40FN7O3. The lowest BCUT2D eigenvalue weighted by atomic mass is 9.93. The van der Waals surface area contributed by atoms with Crippen molar-refractivity contribution in [2.45, 2.75) is 25.4 Å². The summed E-state index contributed by atoms with van der Waals surface area (Å²) in [7, 11) is 9.25. The largest absolute Gasteiger partial charge is 0.494 e. The molecule has 228 valence electrons. The fraction of sp³-hybridized carbons (Fsp3) is 0.344. The summed E-state index contributed by atoms with van der Waals surface area (Å²) >= 11 is 0. The quantitative estimate of drug-likeness (QED) is 0.213. The van der Waals surface area contributed by atoms with Gasteiger partial charge in [0.1, 0.15) is 17.4 Å². The van der Waals surface area contributed by atoms with Crippen molar-refractivity contribution in [2.24, 2.45) is 0 Å². The third kappa shape index (κ3) is 8.08. The molecule has 2 aromatic carbocycles. The van der Waals surface area contributed by atoms with Crippen LogP contribution in [0.2, 0.25) is 0 Å². The Morgan fingerprint density at radius 1 is 1.12 bits per heavy atom. The molecule has 1 heterocycles. The molecule has 1 atom stereocenters. The topological polar surface area (TPSA) is 104 Å². The van der Waals surface area contributed by atoms with Crippen molar-refractivity contribution in [3.05, 3.63) is 72.7 Å². The number of para-hydroxylation sites is 1. The predicted molar refractivity (Wildman–Crippen MR) is 171 cm³/mol. The number of carbonyl (C=O) groups is 1. The van der Waals surface area contributed by atoms with Crippen LogP contribution in [0.5, 0.6) is 5.75 Å². The average molecular weight is 590 g/mol. The molecule has 1 aromatic heterocycles. The lowest BCUT2D eigenvalue weighted by molar-refractivity contribution is -0.111. The number of hydrogen-bond acceptors (Lipinski definition) is 9. The van der Waals surface area contributed by atoms with E-state index in [4.69, 9.17) is 14.5 Å². The van der Waals surface area contributed by atoms with Crippen LogP contribution >= 0.6 is 0 Å². The summed E-state index contributed by atoms with van der Waals surface area (Å²) in [5, 5.41) is 9.29. The lowest BCUT2D eigenvalue weighted by Gasteiger charge is -2.26. The lowest BCUT2D eigenvalue weighted by Crippen LogP contribution is -2.29. The zero-order chi connectivity index (χ0) is 30.9. The van der Waals surface area contributed by atoms with Gasteiger partial charge >= 0.3 is 0 Å². The molecule has 4 rings (SSSR count). The Labute approximate surface area is 252 Å². The monoisotopic (exact) mass is 589 g/mol. The van der Waals surface area contributed by atoms with E-state index in [1.165, 1.54) is 12.1 Å². The molecule has 0 fully saturated rings. The van der Waals surface area contributed by atoms with E-state index in [2.05, 4.69) is 38.5 Å². The van der Waals surface area contributed by atoms with Gasteiger partial charge in [-0.3, -0.25) is 4.79 Å². The number of halogens is 1. The van der Waals surface area contributed by atoms with Crippen LogP contribution in [0.25, 0.3) is 5.57 Å². The number of hydrogen-bond donors (Lipinski definition) is 3. The maximum Gasteiger partial charge on any atom is 0.247 e. The number of methoxy groups -OCH3 is 2. The molecule has 0 spiro atoms. The van der Waals surface area contributed by atoms with Gasteiger partial charge in [-0.2, -0.15) is 4.98 Å². The Kier molecular flexibility index (Phi) is 10.7. The fourth-order valence-corrected chi connectivity index (χ4v) is 4.76. The van der Waals surface area contributed by atoms with Crippen LogP contribution in [0.1, 0.15) is 24.8 Å². The molecule has 3 aromatic rings. The van der Waals surface area contributed by atoms with Gasteiger partial charge in [-0.1, -0.05) is 24.8 Å². The third-order valence-electron chi connectivity index (χ3n) is 7.26. The number of nitrogens with zero attached hydrogens (tertiary/aromatic N) is 4. The number of aromatic nitrogens is 2. The average Bonchev–Trinajstić information content (AvgIpc) is 3.01. The molecule has 1 aliphatic rings. The standard InChI is InChI=1S/C32H40FN7O3/c1-7-30(41)35-26-18-27(29(43-6)19-28(26)40(4)17-16-39(2)3)37-32-34-20-23(21-12-14-22(42-5)15-13-21)31(38-32)36-25-11-9-8-10-24(25)33/h7-12,18-20,22H,1,13-17H2,2-6H3,(H,35,41)(H2,34,36,37,38). The maximum atomic E-state index is 14.7. The highest BCUT2D eigenvalue weighted by Gasteiger charge is 2.21. The molecule has 0 radical (unpaired) electrons. The molecule has 10 nitrogen and oxygen atoms in total. The van der Waals surface area contributed by atoms with E-state index in [1.54, 1.807) is 44.7 Å². The highest BCUT2D eigenvalue weighted by Crippen LogP contribution is 2.39. The zero-order valence-electron chi connectivity index (χ0n) is 25.4. The normalized spacial score (nSPS) is 14.6. The summed E-state index contributed by atoms with van der Waals surface area (Å²) in [6.45, 7) is 5.12. The molecular weight excluding hydrogens is 549 g/mol. The van der Waals surface area contributed by atoms with Crippen molar-refractivity contribution in [3.63, 3.8) is 0 Å². The molecule has 1 aliphatic carbocycles. The highest BCUT2D eigenvalue weighted by molar-refractivity contribution is 6.02. The predicted octanol–water partition coefficient (Wildman–Crippen LogP) is 5.82. The molecule has 0 bridgehead atoms. The van der Waals surface area contributed by atoms with Crippen LogP contribution in [0.15, 0.2) is 61.3 Å². The van der Waals surface area contributed by atoms with Crippen molar-refractivity contribution >= 4 is 46.0 Å². The number of allylic oxidation sites excluding steroid dienone is 1. The van der Waals surface area contributed by atoms with Crippen LogP contribution in [-0.2, 0) is 9.53 Å². The van der Waals surface area contributed by atoms with Gasteiger partial charge < -0.3 is 35.2 Å². The van der Waals surface area contributed by atoms with E-state index in [0.29, 0.717) is 28.6 Å². The number of nitrogens with one attached hydrogen (secondary N) is 3. The van der Waals surface area contributed by atoms with E-state index >= 15 is 0 Å². The summed E-state index contributed by atoms with van der Waals surface area (Å²) in [5.74, 6) is 0.523. The Morgan fingerprint density at radius 3 is 2.56 bits per heavy atom. The van der Waals surface area contributed by atoms with Crippen LogP contribution in [-0.4, -0.2) is 75.3 Å². The second-order valence-corrected chi connectivity index (χ2v) is 10.5. The van der Waals surface area contributed by atoms with Crippen LogP contribution in [0.3, 0.4) is 0 Å². The summed E-state index contributed by atoms with van der Waals surface area (Å²) in [6, 6.07) is 10.1. The molecule has 0 aliphatic heterocycles. The maximum absolute atomic E-state index is 14.7. The van der Waals surface area contributed by atoms with Gasteiger partial charge in [-0.25, -0.2) is 9.37 Å². The second-order valence-electron chi connectivity index (χ2n) is 10.5. The first kappa shape index (κ1) is 31.5. The van der Waals surface area contributed by atoms with Crippen molar-refractivity contribution < 1.29 is 18.7 Å². The Hall–Kier alpha value is -4.48. The first-order valence-electron chi connectivity index (χ1n) is 14.1. The number of ether oxygens (including phenoxy) is 2. The molecule has 0 saturated carbocycles. The summed E-state index contributed by atoms with van der Waals surface area (Å²) < 4.78 is 25.9. The van der Waals surface area contributed by atoms with Gasteiger partial charge in [-0.15, -0.1) is 0 Å². The number of carbonyl (C=O) groups excluding carboxylic acids is 1. The highest BCUT2D eigenvalue weighted by atomic mass is 19.1. The minimum Gasteiger partial charge on any atom is -0.494 e. The third-order valence-corrected chi connectivity index (χ3v) is 7.26. The summed E-state index contributed by atoms with van der Waals surface area (Å²) in [4.78, 5) is 25.8. The van der Waals surface area contributed by atoms with Gasteiger partial charge in [0.2, 0.25) is 11.9 Å². The molecule has 43 heavy (non-hydrogen) atoms. The minimum atomic E-state index is -0.392. The smallest absolute Gasteiger partial charge is 0.247 e. The molecule has 1 amide bonds. The van der Waals surface area contributed by atoms with Crippen molar-refractivity contribution in [1.82, 2.24) is 14.9 Å². The fourth-order valence-electron chi connectivity index (χ4n) is 4.76. The second kappa shape index (κ2) is 14.6. The van der Waals surface area contributed by atoms with Crippen LogP contribution in [0, 0.1) is 5.82 Å². The number of benzene rings is 2.